The Morgan fingerprint density at radius 3 is 2.38 bits per heavy atom. The molecule has 6 heteroatoms. The Kier molecular flexibility index (Phi) is 5.23. The van der Waals surface area contributed by atoms with Crippen LogP contribution < -0.4 is 5.32 Å². The van der Waals surface area contributed by atoms with E-state index in [2.05, 4.69) is 50.5 Å². The molecule has 0 fully saturated rings. The molecule has 158 valence electrons. The Bertz CT molecular complexity index is 1470. The van der Waals surface area contributed by atoms with Crippen LogP contribution in [0.5, 0.6) is 0 Å². The van der Waals surface area contributed by atoms with Gasteiger partial charge in [-0.25, -0.2) is 0 Å². The van der Waals surface area contributed by atoms with Crippen LogP contribution in [0.3, 0.4) is 0 Å². The standard InChI is InChI=1S/C26H21BrN4O/c1-3-17-10-12-18(13-11-17)31-29-24-14-16(2)23(15-25(24)30-31)28-26(32)21-8-4-7-20-19(21)6-5-9-22(20)27/h4-15H,3H2,1-2H3,(H,28,32). The lowest BCUT2D eigenvalue weighted by Crippen LogP contribution is -2.13. The zero-order chi connectivity index (χ0) is 22.2. The summed E-state index contributed by atoms with van der Waals surface area (Å²) in [5.41, 5.74) is 5.97. The van der Waals surface area contributed by atoms with E-state index in [-0.39, 0.29) is 5.91 Å². The molecule has 5 rings (SSSR count). The second-order valence-electron chi connectivity index (χ2n) is 7.76. The maximum atomic E-state index is 13.1. The number of benzene rings is 4. The van der Waals surface area contributed by atoms with Gasteiger partial charge in [-0.05, 0) is 71.6 Å². The molecule has 0 saturated heterocycles. The van der Waals surface area contributed by atoms with Crippen molar-refractivity contribution in [3.8, 4) is 5.69 Å². The number of nitrogens with one attached hydrogen (secondary N) is 1. The Morgan fingerprint density at radius 2 is 1.62 bits per heavy atom. The third-order valence-corrected chi connectivity index (χ3v) is 6.36. The number of hydrogen-bond donors (Lipinski definition) is 1. The molecular weight excluding hydrogens is 464 g/mol. The van der Waals surface area contributed by atoms with Gasteiger partial charge < -0.3 is 5.32 Å². The molecule has 1 heterocycles. The molecule has 0 unspecified atom stereocenters. The number of anilines is 1. The number of carbonyl (C=O) groups is 1. The number of aromatic nitrogens is 3. The zero-order valence-corrected chi connectivity index (χ0v) is 19.3. The van der Waals surface area contributed by atoms with Crippen LogP contribution in [-0.4, -0.2) is 20.9 Å². The molecule has 1 N–H and O–H groups in total. The van der Waals surface area contributed by atoms with E-state index in [1.165, 1.54) is 5.56 Å². The first kappa shape index (κ1) is 20.4. The summed E-state index contributed by atoms with van der Waals surface area (Å²) in [4.78, 5) is 14.8. The summed E-state index contributed by atoms with van der Waals surface area (Å²) in [7, 11) is 0. The van der Waals surface area contributed by atoms with Crippen LogP contribution >= 0.6 is 15.9 Å². The van der Waals surface area contributed by atoms with Crippen molar-refractivity contribution in [1.29, 1.82) is 0 Å². The highest BCUT2D eigenvalue weighted by Crippen LogP contribution is 2.28. The van der Waals surface area contributed by atoms with E-state index >= 15 is 0 Å². The third-order valence-electron chi connectivity index (χ3n) is 5.66. The topological polar surface area (TPSA) is 59.8 Å². The lowest BCUT2D eigenvalue weighted by Gasteiger charge is -2.11. The maximum absolute atomic E-state index is 13.1. The van der Waals surface area contributed by atoms with Gasteiger partial charge in [-0.3, -0.25) is 4.79 Å². The van der Waals surface area contributed by atoms with Gasteiger partial charge in [0.1, 0.15) is 11.0 Å². The Balaban J connectivity index is 1.49. The minimum atomic E-state index is -0.154. The molecule has 5 nitrogen and oxygen atoms in total. The Hall–Kier alpha value is -3.51. The predicted molar refractivity (Wildman–Crippen MR) is 133 cm³/mol. The molecule has 32 heavy (non-hydrogen) atoms. The van der Waals surface area contributed by atoms with Gasteiger partial charge >= 0.3 is 0 Å². The summed E-state index contributed by atoms with van der Waals surface area (Å²) < 4.78 is 0.964. The van der Waals surface area contributed by atoms with Gasteiger partial charge in [0.05, 0.1) is 5.69 Å². The van der Waals surface area contributed by atoms with Crippen molar-refractivity contribution >= 4 is 49.3 Å². The maximum Gasteiger partial charge on any atom is 0.256 e. The van der Waals surface area contributed by atoms with Crippen molar-refractivity contribution in [2.45, 2.75) is 20.3 Å². The highest BCUT2D eigenvalue weighted by molar-refractivity contribution is 9.10. The number of carbonyl (C=O) groups excluding carboxylic acids is 1. The average Bonchev–Trinajstić information content (AvgIpc) is 3.22. The molecule has 0 aliphatic rings. The van der Waals surface area contributed by atoms with Crippen molar-refractivity contribution in [3.63, 3.8) is 0 Å². The van der Waals surface area contributed by atoms with Gasteiger partial charge in [-0.15, -0.1) is 10.2 Å². The zero-order valence-electron chi connectivity index (χ0n) is 17.8. The third kappa shape index (κ3) is 3.67. The van der Waals surface area contributed by atoms with Gasteiger partial charge in [-0.1, -0.05) is 59.3 Å². The number of hydrogen-bond acceptors (Lipinski definition) is 3. The van der Waals surface area contributed by atoms with Crippen LogP contribution in [0.15, 0.2) is 77.3 Å². The van der Waals surface area contributed by atoms with Crippen molar-refractivity contribution in [1.82, 2.24) is 15.0 Å². The minimum Gasteiger partial charge on any atom is -0.322 e. The molecule has 1 amide bonds. The molecule has 0 aliphatic carbocycles. The highest BCUT2D eigenvalue weighted by atomic mass is 79.9. The number of aryl methyl sites for hydroxylation is 2. The molecular formula is C26H21BrN4O. The van der Waals surface area contributed by atoms with Gasteiger partial charge in [0.15, 0.2) is 0 Å². The summed E-state index contributed by atoms with van der Waals surface area (Å²) in [6.07, 6.45) is 0.991. The molecule has 0 atom stereocenters. The second kappa shape index (κ2) is 8.20. The van der Waals surface area contributed by atoms with Crippen LogP contribution in [0, 0.1) is 6.92 Å². The number of fused-ring (bicyclic) bond motifs is 2. The fraction of sp³-hybridized carbons (Fsp3) is 0.115. The fourth-order valence-electron chi connectivity index (χ4n) is 3.84. The Labute approximate surface area is 194 Å². The van der Waals surface area contributed by atoms with E-state index in [1.54, 1.807) is 4.80 Å². The number of halogens is 1. The monoisotopic (exact) mass is 484 g/mol. The smallest absolute Gasteiger partial charge is 0.256 e. The minimum absolute atomic E-state index is 0.154. The summed E-state index contributed by atoms with van der Waals surface area (Å²) in [6.45, 7) is 4.09. The van der Waals surface area contributed by atoms with Gasteiger partial charge in [0.25, 0.3) is 5.91 Å². The molecule has 1 aromatic heterocycles. The predicted octanol–water partition coefficient (Wildman–Crippen LogP) is 6.46. The van der Waals surface area contributed by atoms with Crippen molar-refractivity contribution in [2.24, 2.45) is 0 Å². The SMILES string of the molecule is CCc1ccc(-n2nc3cc(C)c(NC(=O)c4cccc5c(Br)cccc45)cc3n2)cc1. The summed E-state index contributed by atoms with van der Waals surface area (Å²) in [6, 6.07) is 23.7. The molecule has 4 aromatic carbocycles. The van der Waals surface area contributed by atoms with E-state index in [0.29, 0.717) is 5.56 Å². The lowest BCUT2D eigenvalue weighted by atomic mass is 10.0. The van der Waals surface area contributed by atoms with Gasteiger partial charge in [-0.2, -0.15) is 4.80 Å². The lowest BCUT2D eigenvalue weighted by molar-refractivity contribution is 0.102. The van der Waals surface area contributed by atoms with Crippen LogP contribution in [0.1, 0.15) is 28.4 Å². The normalized spacial score (nSPS) is 11.2. The summed E-state index contributed by atoms with van der Waals surface area (Å²) >= 11 is 3.57. The molecule has 0 aliphatic heterocycles. The van der Waals surface area contributed by atoms with Crippen molar-refractivity contribution < 1.29 is 4.79 Å². The fourth-order valence-corrected chi connectivity index (χ4v) is 4.34. The van der Waals surface area contributed by atoms with E-state index in [0.717, 1.165) is 49.6 Å². The molecule has 0 spiro atoms. The first-order valence-electron chi connectivity index (χ1n) is 10.5. The Morgan fingerprint density at radius 1 is 0.938 bits per heavy atom. The number of nitrogens with zero attached hydrogens (tertiary/aromatic N) is 3. The second-order valence-corrected chi connectivity index (χ2v) is 8.61. The van der Waals surface area contributed by atoms with Crippen molar-refractivity contribution in [2.75, 3.05) is 5.32 Å². The molecule has 0 bridgehead atoms. The quantitative estimate of drug-likeness (QED) is 0.318. The molecule has 0 saturated carbocycles. The first-order chi connectivity index (χ1) is 15.5. The highest BCUT2D eigenvalue weighted by Gasteiger charge is 2.14. The number of rotatable bonds is 4. The van der Waals surface area contributed by atoms with E-state index < -0.39 is 0 Å². The summed E-state index contributed by atoms with van der Waals surface area (Å²) in [5.74, 6) is -0.154. The van der Waals surface area contributed by atoms with E-state index in [1.807, 2.05) is 67.6 Å². The van der Waals surface area contributed by atoms with E-state index in [4.69, 9.17) is 0 Å². The van der Waals surface area contributed by atoms with Gasteiger partial charge in [0, 0.05) is 15.7 Å². The average molecular weight is 485 g/mol. The summed E-state index contributed by atoms with van der Waals surface area (Å²) in [5, 5.41) is 14.2. The van der Waals surface area contributed by atoms with Crippen LogP contribution in [0.4, 0.5) is 5.69 Å². The van der Waals surface area contributed by atoms with Crippen molar-refractivity contribution in [3.05, 3.63) is 94.0 Å². The van der Waals surface area contributed by atoms with E-state index in [9.17, 15) is 4.79 Å². The largest absolute Gasteiger partial charge is 0.322 e. The first-order valence-corrected chi connectivity index (χ1v) is 11.3. The van der Waals surface area contributed by atoms with Gasteiger partial charge in [0.2, 0.25) is 0 Å². The van der Waals surface area contributed by atoms with Crippen LogP contribution in [0.25, 0.3) is 27.5 Å². The number of amides is 1. The molecule has 5 aromatic rings. The van der Waals surface area contributed by atoms with Crippen LogP contribution in [-0.2, 0) is 6.42 Å². The molecule has 0 radical (unpaired) electrons. The van der Waals surface area contributed by atoms with Crippen LogP contribution in [0.2, 0.25) is 0 Å².